The summed E-state index contributed by atoms with van der Waals surface area (Å²) in [5, 5.41) is 0. The quantitative estimate of drug-likeness (QED) is 0.875. The molecule has 2 aliphatic carbocycles. The van der Waals surface area contributed by atoms with Crippen LogP contribution in [0.15, 0.2) is 42.6 Å². The Morgan fingerprint density at radius 1 is 1.30 bits per heavy atom. The van der Waals surface area contributed by atoms with Crippen molar-refractivity contribution in [3.8, 4) is 5.75 Å². The molecule has 1 fully saturated rings. The fourth-order valence-electron chi connectivity index (χ4n) is 4.05. The topological polar surface area (TPSA) is 42.4 Å². The second kappa shape index (κ2) is 5.08. The van der Waals surface area contributed by atoms with Crippen LogP contribution in [0, 0.1) is 5.92 Å². The zero-order chi connectivity index (χ0) is 16.0. The van der Waals surface area contributed by atoms with Crippen LogP contribution in [0.25, 0.3) is 0 Å². The number of anilines is 1. The lowest BCUT2D eigenvalue weighted by Crippen LogP contribution is -2.31. The Hall–Kier alpha value is -2.36. The molecule has 2 atom stereocenters. The van der Waals surface area contributed by atoms with Crippen molar-refractivity contribution in [3.63, 3.8) is 0 Å². The molecule has 4 nitrogen and oxygen atoms in total. The van der Waals surface area contributed by atoms with Crippen LogP contribution in [0.3, 0.4) is 0 Å². The third kappa shape index (κ3) is 2.05. The lowest BCUT2D eigenvalue weighted by atomic mass is 9.95. The molecule has 1 amide bonds. The van der Waals surface area contributed by atoms with Gasteiger partial charge in [0, 0.05) is 24.6 Å². The van der Waals surface area contributed by atoms with E-state index in [0.717, 1.165) is 19.3 Å². The normalized spacial score (nSPS) is 24.3. The van der Waals surface area contributed by atoms with Gasteiger partial charge in [-0.15, -0.1) is 0 Å². The molecule has 1 saturated carbocycles. The van der Waals surface area contributed by atoms with Gasteiger partial charge in [0.05, 0.1) is 7.11 Å². The molecule has 2 aromatic rings. The molecule has 2 aliphatic rings. The van der Waals surface area contributed by atoms with Crippen molar-refractivity contribution in [2.24, 2.45) is 5.92 Å². The van der Waals surface area contributed by atoms with Crippen LogP contribution < -0.4 is 9.64 Å². The second-order valence-electron chi connectivity index (χ2n) is 6.50. The molecule has 4 rings (SSSR count). The van der Waals surface area contributed by atoms with Gasteiger partial charge in [0.15, 0.2) is 11.6 Å². The van der Waals surface area contributed by atoms with Crippen molar-refractivity contribution >= 4 is 11.7 Å². The van der Waals surface area contributed by atoms with Gasteiger partial charge in [-0.2, -0.15) is 0 Å². The monoisotopic (exact) mass is 308 g/mol. The van der Waals surface area contributed by atoms with Crippen molar-refractivity contribution in [2.75, 3.05) is 19.1 Å². The maximum Gasteiger partial charge on any atom is 0.232 e. The standard InChI is InChI=1S/C19H20N2O2/c1-21(17-16(23-2)8-5-11-20-17)18(22)15-12-19(15)10-9-13-6-3-4-7-14(13)19/h3-8,11,15H,9-10,12H2,1-2H3/t15-,19+/m1/s1. The van der Waals surface area contributed by atoms with E-state index < -0.39 is 0 Å². The van der Waals surface area contributed by atoms with Crippen molar-refractivity contribution < 1.29 is 9.53 Å². The van der Waals surface area contributed by atoms with Gasteiger partial charge in [-0.1, -0.05) is 24.3 Å². The van der Waals surface area contributed by atoms with Gasteiger partial charge < -0.3 is 4.74 Å². The first-order valence-corrected chi connectivity index (χ1v) is 8.02. The van der Waals surface area contributed by atoms with Crippen molar-refractivity contribution in [1.82, 2.24) is 4.98 Å². The minimum atomic E-state index is 0.0582. The highest BCUT2D eigenvalue weighted by Crippen LogP contribution is 2.62. The Morgan fingerprint density at radius 3 is 2.96 bits per heavy atom. The summed E-state index contributed by atoms with van der Waals surface area (Å²) >= 11 is 0. The number of carbonyl (C=O) groups is 1. The Labute approximate surface area is 136 Å². The van der Waals surface area contributed by atoms with E-state index >= 15 is 0 Å². The van der Waals surface area contributed by atoms with E-state index in [1.165, 1.54) is 11.1 Å². The zero-order valence-corrected chi connectivity index (χ0v) is 13.5. The van der Waals surface area contributed by atoms with Crippen LogP contribution in [-0.4, -0.2) is 25.0 Å². The molecule has 118 valence electrons. The van der Waals surface area contributed by atoms with Crippen LogP contribution in [-0.2, 0) is 16.6 Å². The number of ether oxygens (including phenoxy) is 1. The van der Waals surface area contributed by atoms with E-state index in [9.17, 15) is 4.79 Å². The summed E-state index contributed by atoms with van der Waals surface area (Å²) in [7, 11) is 3.39. The smallest absolute Gasteiger partial charge is 0.232 e. The average Bonchev–Trinajstić information content (AvgIpc) is 3.22. The van der Waals surface area contributed by atoms with E-state index in [1.54, 1.807) is 25.3 Å². The number of rotatable bonds is 3. The number of pyridine rings is 1. The van der Waals surface area contributed by atoms with Gasteiger partial charge in [0.2, 0.25) is 5.91 Å². The first kappa shape index (κ1) is 14.2. The molecule has 1 aromatic heterocycles. The van der Waals surface area contributed by atoms with Crippen molar-refractivity contribution in [1.29, 1.82) is 0 Å². The minimum Gasteiger partial charge on any atom is -0.493 e. The number of hydrogen-bond acceptors (Lipinski definition) is 3. The predicted octanol–water partition coefficient (Wildman–Crippen LogP) is 2.96. The molecular formula is C19H20N2O2. The lowest BCUT2D eigenvalue weighted by Gasteiger charge is -2.20. The fraction of sp³-hybridized carbons (Fsp3) is 0.368. The molecule has 1 heterocycles. The molecule has 0 bridgehead atoms. The Bertz CT molecular complexity index is 773. The third-order valence-corrected chi connectivity index (χ3v) is 5.39. The molecule has 1 aromatic carbocycles. The van der Waals surface area contributed by atoms with Gasteiger partial charge in [-0.25, -0.2) is 4.98 Å². The first-order valence-electron chi connectivity index (χ1n) is 8.02. The average molecular weight is 308 g/mol. The number of hydrogen-bond donors (Lipinski definition) is 0. The number of aromatic nitrogens is 1. The number of nitrogens with zero attached hydrogens (tertiary/aromatic N) is 2. The molecule has 0 saturated heterocycles. The van der Waals surface area contributed by atoms with E-state index in [0.29, 0.717) is 11.6 Å². The number of amides is 1. The van der Waals surface area contributed by atoms with E-state index in [2.05, 4.69) is 29.2 Å². The molecule has 4 heteroatoms. The summed E-state index contributed by atoms with van der Waals surface area (Å²) < 4.78 is 5.33. The molecule has 0 radical (unpaired) electrons. The van der Waals surface area contributed by atoms with E-state index in [4.69, 9.17) is 4.74 Å². The fourth-order valence-corrected chi connectivity index (χ4v) is 4.05. The van der Waals surface area contributed by atoms with Gasteiger partial charge >= 0.3 is 0 Å². The van der Waals surface area contributed by atoms with Gasteiger partial charge in [-0.3, -0.25) is 9.69 Å². The molecule has 1 spiro atoms. The third-order valence-electron chi connectivity index (χ3n) is 5.39. The first-order chi connectivity index (χ1) is 11.2. The van der Waals surface area contributed by atoms with Crippen LogP contribution >= 0.6 is 0 Å². The molecular weight excluding hydrogens is 288 g/mol. The summed E-state index contributed by atoms with van der Waals surface area (Å²) in [5.74, 6) is 1.42. The molecule has 0 unspecified atom stereocenters. The maximum atomic E-state index is 13.0. The zero-order valence-electron chi connectivity index (χ0n) is 13.5. The number of aryl methyl sites for hydroxylation is 1. The summed E-state index contributed by atoms with van der Waals surface area (Å²) in [4.78, 5) is 18.9. The number of methoxy groups -OCH3 is 1. The van der Waals surface area contributed by atoms with Crippen LogP contribution in [0.5, 0.6) is 5.75 Å². The Kier molecular flexibility index (Phi) is 3.15. The second-order valence-corrected chi connectivity index (χ2v) is 6.50. The van der Waals surface area contributed by atoms with Gasteiger partial charge in [0.1, 0.15) is 0 Å². The van der Waals surface area contributed by atoms with Gasteiger partial charge in [-0.05, 0) is 42.5 Å². The maximum absolute atomic E-state index is 13.0. The highest BCUT2D eigenvalue weighted by atomic mass is 16.5. The molecule has 0 N–H and O–H groups in total. The number of carbonyl (C=O) groups excluding carboxylic acids is 1. The van der Waals surface area contributed by atoms with Crippen molar-refractivity contribution in [2.45, 2.75) is 24.7 Å². The Balaban J connectivity index is 1.60. The summed E-state index contributed by atoms with van der Waals surface area (Å²) in [6.45, 7) is 0. The predicted molar refractivity (Wildman–Crippen MR) is 88.7 cm³/mol. The Morgan fingerprint density at radius 2 is 2.13 bits per heavy atom. The SMILES string of the molecule is COc1cccnc1N(C)C(=O)[C@H]1C[C@]12CCc1ccccc12. The van der Waals surface area contributed by atoms with Crippen LogP contribution in [0.4, 0.5) is 5.82 Å². The highest BCUT2D eigenvalue weighted by molar-refractivity contribution is 5.98. The number of fused-ring (bicyclic) bond motifs is 2. The molecule has 0 aliphatic heterocycles. The summed E-state index contributed by atoms with van der Waals surface area (Å²) in [5.41, 5.74) is 2.84. The minimum absolute atomic E-state index is 0.0582. The lowest BCUT2D eigenvalue weighted by molar-refractivity contribution is -0.120. The van der Waals surface area contributed by atoms with Crippen LogP contribution in [0.2, 0.25) is 0 Å². The van der Waals surface area contributed by atoms with Gasteiger partial charge in [0.25, 0.3) is 0 Å². The van der Waals surface area contributed by atoms with E-state index in [-0.39, 0.29) is 17.2 Å². The van der Waals surface area contributed by atoms with Crippen molar-refractivity contribution in [3.05, 3.63) is 53.7 Å². The number of benzene rings is 1. The largest absolute Gasteiger partial charge is 0.493 e. The molecule has 23 heavy (non-hydrogen) atoms. The van der Waals surface area contributed by atoms with Crippen LogP contribution in [0.1, 0.15) is 24.0 Å². The summed E-state index contributed by atoms with van der Waals surface area (Å²) in [6.07, 6.45) is 4.80. The highest BCUT2D eigenvalue weighted by Gasteiger charge is 2.62. The van der Waals surface area contributed by atoms with E-state index in [1.807, 2.05) is 12.1 Å². The summed E-state index contributed by atoms with van der Waals surface area (Å²) in [6, 6.07) is 12.2.